The van der Waals surface area contributed by atoms with Gasteiger partial charge in [0.05, 0.1) is 0 Å². The number of hydrogen-bond donors (Lipinski definition) is 3. The van der Waals surface area contributed by atoms with E-state index in [1.165, 1.54) is 0 Å². The van der Waals surface area contributed by atoms with Gasteiger partial charge in [-0.15, -0.1) is 0 Å². The van der Waals surface area contributed by atoms with Crippen molar-refractivity contribution < 1.29 is 8.42 Å². The molecule has 0 saturated heterocycles. The smallest absolute Gasteiger partial charge is 0.277 e. The maximum atomic E-state index is 11.2. The van der Waals surface area contributed by atoms with E-state index in [1.54, 1.807) is 0 Å². The van der Waals surface area contributed by atoms with Crippen LogP contribution in [0.5, 0.6) is 0 Å². The third kappa shape index (κ3) is 4.56. The molecule has 13 heavy (non-hydrogen) atoms. The van der Waals surface area contributed by atoms with Gasteiger partial charge in [0, 0.05) is 12.6 Å². The Kier molecular flexibility index (Phi) is 3.66. The molecular formula is C7H17N3O2S. The standard InChI is InChI=1S/C7H17N3O2S/c1-6(4-8)5-9-13(11,12)10-7-2-3-7/h6-7,9-10H,2-5,8H2,1H3. The lowest BCUT2D eigenvalue weighted by atomic mass is 10.2. The van der Waals surface area contributed by atoms with Gasteiger partial charge in [-0.2, -0.15) is 13.1 Å². The van der Waals surface area contributed by atoms with Gasteiger partial charge in [-0.05, 0) is 25.3 Å². The van der Waals surface area contributed by atoms with Crippen LogP contribution in [0.1, 0.15) is 19.8 Å². The summed E-state index contributed by atoms with van der Waals surface area (Å²) in [6.07, 6.45) is 1.90. The number of nitrogens with one attached hydrogen (secondary N) is 2. The lowest BCUT2D eigenvalue weighted by molar-refractivity contribution is 0.534. The molecular weight excluding hydrogens is 190 g/mol. The first-order valence-electron chi connectivity index (χ1n) is 4.50. The summed E-state index contributed by atoms with van der Waals surface area (Å²) in [6.45, 7) is 2.80. The van der Waals surface area contributed by atoms with E-state index in [4.69, 9.17) is 5.73 Å². The highest BCUT2D eigenvalue weighted by molar-refractivity contribution is 7.87. The largest absolute Gasteiger partial charge is 0.330 e. The molecule has 5 nitrogen and oxygen atoms in total. The zero-order valence-corrected chi connectivity index (χ0v) is 8.60. The molecule has 0 heterocycles. The first-order valence-corrected chi connectivity index (χ1v) is 5.99. The third-order valence-corrected chi connectivity index (χ3v) is 3.11. The SMILES string of the molecule is CC(CN)CNS(=O)(=O)NC1CC1. The summed E-state index contributed by atoms with van der Waals surface area (Å²) >= 11 is 0. The molecule has 1 atom stereocenters. The Hall–Kier alpha value is -0.170. The number of hydrogen-bond acceptors (Lipinski definition) is 3. The lowest BCUT2D eigenvalue weighted by Crippen LogP contribution is -2.40. The molecule has 0 spiro atoms. The summed E-state index contributed by atoms with van der Waals surface area (Å²) in [6, 6.07) is 0.158. The van der Waals surface area contributed by atoms with Gasteiger partial charge in [0.25, 0.3) is 10.2 Å². The van der Waals surface area contributed by atoms with Crippen LogP contribution in [0.15, 0.2) is 0 Å². The van der Waals surface area contributed by atoms with Crippen molar-refractivity contribution in [2.24, 2.45) is 11.7 Å². The van der Waals surface area contributed by atoms with E-state index in [1.807, 2.05) is 6.92 Å². The molecule has 0 bridgehead atoms. The van der Waals surface area contributed by atoms with Crippen molar-refractivity contribution >= 4 is 10.2 Å². The molecule has 0 radical (unpaired) electrons. The molecule has 0 aromatic heterocycles. The molecule has 0 aliphatic heterocycles. The Morgan fingerprint density at radius 1 is 1.54 bits per heavy atom. The molecule has 1 unspecified atom stereocenters. The van der Waals surface area contributed by atoms with Gasteiger partial charge in [0.2, 0.25) is 0 Å². The molecule has 4 N–H and O–H groups in total. The highest BCUT2D eigenvalue weighted by atomic mass is 32.2. The molecule has 0 aromatic rings. The van der Waals surface area contributed by atoms with E-state index in [9.17, 15) is 8.42 Å². The Balaban J connectivity index is 2.24. The normalized spacial score (nSPS) is 20.2. The maximum absolute atomic E-state index is 11.2. The Morgan fingerprint density at radius 2 is 2.15 bits per heavy atom. The van der Waals surface area contributed by atoms with Crippen molar-refractivity contribution in [1.29, 1.82) is 0 Å². The van der Waals surface area contributed by atoms with Gasteiger partial charge in [-0.25, -0.2) is 4.72 Å². The second-order valence-corrected chi connectivity index (χ2v) is 5.12. The van der Waals surface area contributed by atoms with Crippen LogP contribution in [0, 0.1) is 5.92 Å². The summed E-state index contributed by atoms with van der Waals surface area (Å²) in [4.78, 5) is 0. The van der Waals surface area contributed by atoms with Crippen LogP contribution in [0.3, 0.4) is 0 Å². The van der Waals surface area contributed by atoms with Crippen LogP contribution in [0.2, 0.25) is 0 Å². The predicted octanol–water partition coefficient (Wildman–Crippen LogP) is -0.832. The fraction of sp³-hybridized carbons (Fsp3) is 1.00. The summed E-state index contributed by atoms with van der Waals surface area (Å²) in [7, 11) is -3.28. The minimum Gasteiger partial charge on any atom is -0.330 e. The van der Waals surface area contributed by atoms with E-state index in [-0.39, 0.29) is 12.0 Å². The van der Waals surface area contributed by atoms with Crippen LogP contribution in [-0.4, -0.2) is 27.5 Å². The fourth-order valence-electron chi connectivity index (χ4n) is 0.798. The second kappa shape index (κ2) is 4.36. The van der Waals surface area contributed by atoms with E-state index < -0.39 is 10.2 Å². The fourth-order valence-corrected chi connectivity index (χ4v) is 2.06. The Bertz CT molecular complexity index is 248. The first kappa shape index (κ1) is 10.9. The molecule has 78 valence electrons. The minimum atomic E-state index is -3.28. The zero-order valence-electron chi connectivity index (χ0n) is 7.79. The van der Waals surface area contributed by atoms with Gasteiger partial charge in [0.15, 0.2) is 0 Å². The molecule has 1 aliphatic carbocycles. The summed E-state index contributed by atoms with van der Waals surface area (Å²) in [5, 5.41) is 0. The highest BCUT2D eigenvalue weighted by Gasteiger charge is 2.26. The summed E-state index contributed by atoms with van der Waals surface area (Å²) < 4.78 is 27.5. The molecule has 0 amide bonds. The van der Waals surface area contributed by atoms with Crippen LogP contribution < -0.4 is 15.2 Å². The van der Waals surface area contributed by atoms with E-state index in [0.29, 0.717) is 13.1 Å². The van der Waals surface area contributed by atoms with Gasteiger partial charge in [0.1, 0.15) is 0 Å². The first-order chi connectivity index (χ1) is 6.03. The topological polar surface area (TPSA) is 84.2 Å². The van der Waals surface area contributed by atoms with Crippen LogP contribution in [0.25, 0.3) is 0 Å². The number of rotatable bonds is 6. The van der Waals surface area contributed by atoms with Gasteiger partial charge in [-0.3, -0.25) is 0 Å². The van der Waals surface area contributed by atoms with Crippen molar-refractivity contribution in [3.63, 3.8) is 0 Å². The van der Waals surface area contributed by atoms with Crippen LogP contribution in [-0.2, 0) is 10.2 Å². The molecule has 1 rings (SSSR count). The summed E-state index contributed by atoms with van der Waals surface area (Å²) in [5.74, 6) is 0.177. The van der Waals surface area contributed by atoms with Crippen molar-refractivity contribution in [3.8, 4) is 0 Å². The second-order valence-electron chi connectivity index (χ2n) is 3.58. The van der Waals surface area contributed by atoms with Crippen molar-refractivity contribution in [1.82, 2.24) is 9.44 Å². The average molecular weight is 207 g/mol. The quantitative estimate of drug-likeness (QED) is 0.531. The molecule has 0 aromatic carbocycles. The lowest BCUT2D eigenvalue weighted by Gasteiger charge is -2.10. The van der Waals surface area contributed by atoms with Gasteiger partial charge >= 0.3 is 0 Å². The zero-order chi connectivity index (χ0) is 9.90. The highest BCUT2D eigenvalue weighted by Crippen LogP contribution is 2.19. The monoisotopic (exact) mass is 207 g/mol. The van der Waals surface area contributed by atoms with E-state index in [0.717, 1.165) is 12.8 Å². The van der Waals surface area contributed by atoms with Crippen LogP contribution >= 0.6 is 0 Å². The molecule has 1 fully saturated rings. The van der Waals surface area contributed by atoms with Gasteiger partial charge in [-0.1, -0.05) is 6.92 Å². The van der Waals surface area contributed by atoms with Crippen molar-refractivity contribution in [2.75, 3.05) is 13.1 Å². The van der Waals surface area contributed by atoms with Crippen LogP contribution in [0.4, 0.5) is 0 Å². The summed E-state index contributed by atoms with van der Waals surface area (Å²) in [5.41, 5.74) is 5.36. The Labute approximate surface area is 79.3 Å². The van der Waals surface area contributed by atoms with E-state index >= 15 is 0 Å². The van der Waals surface area contributed by atoms with E-state index in [2.05, 4.69) is 9.44 Å². The number of nitrogens with two attached hydrogens (primary N) is 1. The molecule has 1 saturated carbocycles. The third-order valence-electron chi connectivity index (χ3n) is 1.92. The van der Waals surface area contributed by atoms with Crippen molar-refractivity contribution in [3.05, 3.63) is 0 Å². The minimum absolute atomic E-state index is 0.158. The van der Waals surface area contributed by atoms with Crippen molar-refractivity contribution in [2.45, 2.75) is 25.8 Å². The molecule has 6 heteroatoms. The molecule has 1 aliphatic rings. The van der Waals surface area contributed by atoms with Gasteiger partial charge < -0.3 is 5.73 Å². The maximum Gasteiger partial charge on any atom is 0.277 e. The predicted molar refractivity (Wildman–Crippen MR) is 51.3 cm³/mol. The average Bonchev–Trinajstić information content (AvgIpc) is 2.83. The Morgan fingerprint density at radius 3 is 2.62 bits per heavy atom.